The summed E-state index contributed by atoms with van der Waals surface area (Å²) in [6.45, 7) is -0.692. The fourth-order valence-corrected chi connectivity index (χ4v) is 4.53. The summed E-state index contributed by atoms with van der Waals surface area (Å²) in [4.78, 5) is 25.8. The second kappa shape index (κ2) is 10.1. The van der Waals surface area contributed by atoms with Gasteiger partial charge in [-0.05, 0) is 47.0 Å². The van der Waals surface area contributed by atoms with Crippen LogP contribution < -0.4 is 0 Å². The Morgan fingerprint density at radius 2 is 1.39 bits per heavy atom. The van der Waals surface area contributed by atoms with E-state index >= 15 is 0 Å². The Bertz CT molecular complexity index is 1410. The predicted molar refractivity (Wildman–Crippen MR) is 126 cm³/mol. The molecule has 0 aliphatic carbocycles. The van der Waals surface area contributed by atoms with Crippen LogP contribution in [0, 0.1) is 5.82 Å². The van der Waals surface area contributed by atoms with Gasteiger partial charge in [0, 0.05) is 0 Å². The van der Waals surface area contributed by atoms with E-state index in [1.54, 1.807) is 0 Å². The quantitative estimate of drug-likeness (QED) is 0.174. The van der Waals surface area contributed by atoms with Gasteiger partial charge in [-0.15, -0.1) is 0 Å². The monoisotopic (exact) mass is 575 g/mol. The number of carbonyl (C=O) groups excluding carboxylic acids is 2. The molecule has 1 heterocycles. The van der Waals surface area contributed by atoms with Gasteiger partial charge in [0.05, 0.1) is 39.2 Å². The van der Waals surface area contributed by atoms with Gasteiger partial charge in [0.2, 0.25) is 0 Å². The van der Waals surface area contributed by atoms with Gasteiger partial charge in [0.15, 0.2) is 5.82 Å². The molecule has 198 valence electrons. The number of halogens is 9. The van der Waals surface area contributed by atoms with E-state index in [-0.39, 0.29) is 16.7 Å². The number of hydrogen-bond donors (Lipinski definition) is 0. The Morgan fingerprint density at radius 1 is 0.842 bits per heavy atom. The number of hydrogen-bond acceptors (Lipinski definition) is 2. The molecule has 3 aromatic carbocycles. The minimum absolute atomic E-state index is 0.0600. The number of alkyl halides is 6. The summed E-state index contributed by atoms with van der Waals surface area (Å²) in [5.74, 6) is -4.98. The number of rotatable bonds is 5. The summed E-state index contributed by atoms with van der Waals surface area (Å²) in [6.07, 6.45) is -8.43. The third-order valence-electron chi connectivity index (χ3n) is 5.85. The van der Waals surface area contributed by atoms with Crippen LogP contribution in [0.3, 0.4) is 0 Å². The van der Waals surface area contributed by atoms with Crippen molar-refractivity contribution < 1.29 is 40.3 Å². The summed E-state index contributed by atoms with van der Waals surface area (Å²) in [5.41, 5.74) is -2.28. The number of amides is 2. The van der Waals surface area contributed by atoms with E-state index in [4.69, 9.17) is 23.2 Å². The molecule has 4 rings (SSSR count). The molecule has 0 saturated heterocycles. The standard InChI is InChI=1S/C26H14Cl2F7NO2/c27-20-10-15(11-21(28)22(20)29)18(25(30,31)32)8-6-13-5-7-14(19(9-13)26(33,34)35)12-36-23(37)16-3-1-2-4-17(16)24(36)38/h1-11,18H,12H2/b8-6+. The molecule has 0 saturated carbocycles. The molecule has 3 aromatic rings. The maximum absolute atomic E-state index is 13.9. The van der Waals surface area contributed by atoms with E-state index < -0.39 is 69.2 Å². The minimum atomic E-state index is -4.95. The highest BCUT2D eigenvalue weighted by molar-refractivity contribution is 6.35. The van der Waals surface area contributed by atoms with Gasteiger partial charge in [-0.25, -0.2) is 4.39 Å². The summed E-state index contributed by atoms with van der Waals surface area (Å²) < 4.78 is 96.5. The number of fused-ring (bicyclic) bond motifs is 1. The molecular weight excluding hydrogens is 562 g/mol. The zero-order valence-corrected chi connectivity index (χ0v) is 20.3. The molecule has 3 nitrogen and oxygen atoms in total. The third kappa shape index (κ3) is 5.42. The fraction of sp³-hybridized carbons (Fsp3) is 0.154. The Labute approximate surface area is 221 Å². The van der Waals surface area contributed by atoms with Gasteiger partial charge in [-0.2, -0.15) is 26.3 Å². The first-order chi connectivity index (χ1) is 17.7. The lowest BCUT2D eigenvalue weighted by Crippen LogP contribution is -2.30. The van der Waals surface area contributed by atoms with Crippen LogP contribution in [0.5, 0.6) is 0 Å². The summed E-state index contributed by atoms with van der Waals surface area (Å²) >= 11 is 11.2. The van der Waals surface area contributed by atoms with Crippen LogP contribution in [-0.4, -0.2) is 22.9 Å². The number of carbonyl (C=O) groups is 2. The highest BCUT2D eigenvalue weighted by Gasteiger charge is 2.40. The average molecular weight is 576 g/mol. The molecule has 2 amide bonds. The van der Waals surface area contributed by atoms with E-state index in [0.29, 0.717) is 17.0 Å². The molecule has 0 radical (unpaired) electrons. The molecule has 0 bridgehead atoms. The molecule has 38 heavy (non-hydrogen) atoms. The summed E-state index contributed by atoms with van der Waals surface area (Å²) in [5, 5.41) is -1.29. The summed E-state index contributed by atoms with van der Waals surface area (Å²) in [7, 11) is 0. The van der Waals surface area contributed by atoms with Crippen molar-refractivity contribution in [2.75, 3.05) is 0 Å². The van der Waals surface area contributed by atoms with Crippen molar-refractivity contribution in [1.29, 1.82) is 0 Å². The highest BCUT2D eigenvalue weighted by Crippen LogP contribution is 2.40. The van der Waals surface area contributed by atoms with Gasteiger partial charge in [-0.1, -0.05) is 59.6 Å². The third-order valence-corrected chi connectivity index (χ3v) is 6.40. The van der Waals surface area contributed by atoms with E-state index in [9.17, 15) is 40.3 Å². The van der Waals surface area contributed by atoms with Crippen LogP contribution >= 0.6 is 23.2 Å². The van der Waals surface area contributed by atoms with Crippen molar-refractivity contribution in [3.63, 3.8) is 0 Å². The lowest BCUT2D eigenvalue weighted by molar-refractivity contribution is -0.140. The van der Waals surface area contributed by atoms with E-state index in [0.717, 1.165) is 30.3 Å². The molecule has 12 heteroatoms. The maximum Gasteiger partial charge on any atom is 0.416 e. The topological polar surface area (TPSA) is 37.4 Å². The van der Waals surface area contributed by atoms with Crippen LogP contribution in [0.25, 0.3) is 6.08 Å². The van der Waals surface area contributed by atoms with Gasteiger partial charge in [0.1, 0.15) is 0 Å². The molecule has 0 aromatic heterocycles. The lowest BCUT2D eigenvalue weighted by atomic mass is 9.96. The normalized spacial score (nSPS) is 14.9. The molecule has 0 N–H and O–H groups in total. The first kappa shape index (κ1) is 27.7. The van der Waals surface area contributed by atoms with Crippen molar-refractivity contribution in [2.24, 2.45) is 0 Å². The maximum atomic E-state index is 13.9. The Kier molecular flexibility index (Phi) is 7.33. The van der Waals surface area contributed by atoms with Gasteiger partial charge in [-0.3, -0.25) is 14.5 Å². The van der Waals surface area contributed by atoms with Crippen molar-refractivity contribution in [3.05, 3.63) is 110 Å². The SMILES string of the molecule is O=C1c2ccccc2C(=O)N1Cc1ccc(/C=C/C(c2cc(Cl)c(F)c(Cl)c2)C(F)(F)F)cc1C(F)(F)F. The van der Waals surface area contributed by atoms with Crippen LogP contribution in [0.1, 0.15) is 48.9 Å². The summed E-state index contributed by atoms with van der Waals surface area (Å²) in [6, 6.07) is 9.98. The first-order valence-corrected chi connectivity index (χ1v) is 11.5. The van der Waals surface area contributed by atoms with Gasteiger partial charge < -0.3 is 0 Å². The number of imide groups is 1. The molecule has 1 aliphatic heterocycles. The highest BCUT2D eigenvalue weighted by atomic mass is 35.5. The molecule has 1 unspecified atom stereocenters. The first-order valence-electron chi connectivity index (χ1n) is 10.7. The van der Waals surface area contributed by atoms with Crippen molar-refractivity contribution >= 4 is 41.1 Å². The Morgan fingerprint density at radius 3 is 1.89 bits per heavy atom. The van der Waals surface area contributed by atoms with E-state index in [1.165, 1.54) is 24.3 Å². The largest absolute Gasteiger partial charge is 0.416 e. The lowest BCUT2D eigenvalue weighted by Gasteiger charge is -2.19. The van der Waals surface area contributed by atoms with E-state index in [1.807, 2.05) is 0 Å². The van der Waals surface area contributed by atoms with E-state index in [2.05, 4.69) is 0 Å². The molecule has 0 spiro atoms. The Hall–Kier alpha value is -3.37. The second-order valence-electron chi connectivity index (χ2n) is 8.33. The zero-order chi connectivity index (χ0) is 28.0. The van der Waals surface area contributed by atoms with Crippen molar-refractivity contribution in [3.8, 4) is 0 Å². The zero-order valence-electron chi connectivity index (χ0n) is 18.8. The molecule has 0 fully saturated rings. The number of nitrogens with zero attached hydrogens (tertiary/aromatic N) is 1. The minimum Gasteiger partial charge on any atom is -0.270 e. The van der Waals surface area contributed by atoms with Crippen molar-refractivity contribution in [1.82, 2.24) is 4.90 Å². The average Bonchev–Trinajstić information content (AvgIpc) is 3.07. The predicted octanol–water partition coefficient (Wildman–Crippen LogP) is 8.31. The van der Waals surface area contributed by atoms with Crippen LogP contribution in [-0.2, 0) is 12.7 Å². The smallest absolute Gasteiger partial charge is 0.270 e. The number of benzene rings is 3. The van der Waals surface area contributed by atoms with Crippen LogP contribution in [0.2, 0.25) is 10.0 Å². The second-order valence-corrected chi connectivity index (χ2v) is 9.15. The van der Waals surface area contributed by atoms with Crippen molar-refractivity contribution in [2.45, 2.75) is 24.8 Å². The van der Waals surface area contributed by atoms with Crippen LogP contribution in [0.4, 0.5) is 30.7 Å². The molecule has 1 atom stereocenters. The molecular formula is C26H14Cl2F7NO2. The number of allylic oxidation sites excluding steroid dienone is 1. The van der Waals surface area contributed by atoms with Crippen LogP contribution in [0.15, 0.2) is 60.7 Å². The van der Waals surface area contributed by atoms with Gasteiger partial charge >= 0.3 is 12.4 Å². The Balaban J connectivity index is 1.68. The fourth-order valence-electron chi connectivity index (χ4n) is 4.02. The van der Waals surface area contributed by atoms with Gasteiger partial charge in [0.25, 0.3) is 11.8 Å². The molecule has 1 aliphatic rings.